The van der Waals surface area contributed by atoms with Crippen LogP contribution in [0.5, 0.6) is 5.75 Å². The summed E-state index contributed by atoms with van der Waals surface area (Å²) in [6.07, 6.45) is -0.619. The molecule has 1 N–H and O–H groups in total. The molecule has 1 fully saturated rings. The third-order valence-electron chi connectivity index (χ3n) is 3.80. The molecular formula is C15H20ClNO3. The van der Waals surface area contributed by atoms with Gasteiger partial charge in [0.05, 0.1) is 18.1 Å². The Labute approximate surface area is 124 Å². The number of likely N-dealkylation sites (tertiary alicyclic amines) is 1. The Morgan fingerprint density at radius 1 is 1.35 bits per heavy atom. The van der Waals surface area contributed by atoms with Crippen molar-refractivity contribution in [3.63, 3.8) is 0 Å². The lowest BCUT2D eigenvalue weighted by atomic mass is 9.83. The molecule has 1 aromatic rings. The topological polar surface area (TPSA) is 49.8 Å². The standard InChI is InChI=1S/C15H20ClNO3/c1-10(2)15(19)8-17(9-15)14(18)11(3)20-13-7-5-4-6-12(13)16/h4-7,10-11,19H,8-9H2,1-3H3. The van der Waals surface area contributed by atoms with E-state index in [1.807, 2.05) is 13.8 Å². The normalized spacial score (nSPS) is 18.6. The Morgan fingerprint density at radius 3 is 2.50 bits per heavy atom. The molecule has 20 heavy (non-hydrogen) atoms. The predicted molar refractivity (Wildman–Crippen MR) is 77.9 cm³/mol. The summed E-state index contributed by atoms with van der Waals surface area (Å²) in [6, 6.07) is 7.06. The maximum Gasteiger partial charge on any atom is 0.263 e. The van der Waals surface area contributed by atoms with Gasteiger partial charge in [-0.05, 0) is 25.0 Å². The van der Waals surface area contributed by atoms with Crippen LogP contribution in [0.3, 0.4) is 0 Å². The van der Waals surface area contributed by atoms with Crippen molar-refractivity contribution in [3.05, 3.63) is 29.3 Å². The van der Waals surface area contributed by atoms with Gasteiger partial charge < -0.3 is 14.7 Å². The molecule has 1 atom stereocenters. The molecule has 2 rings (SSSR count). The summed E-state index contributed by atoms with van der Waals surface area (Å²) in [5, 5.41) is 10.6. The van der Waals surface area contributed by atoms with Crippen LogP contribution in [0.25, 0.3) is 0 Å². The molecule has 1 aliphatic rings. The second kappa shape index (κ2) is 5.62. The number of hydrogen-bond acceptors (Lipinski definition) is 3. The lowest BCUT2D eigenvalue weighted by Gasteiger charge is -2.49. The first-order valence-corrected chi connectivity index (χ1v) is 7.13. The van der Waals surface area contributed by atoms with Gasteiger partial charge in [0, 0.05) is 0 Å². The van der Waals surface area contributed by atoms with Gasteiger partial charge in [0.15, 0.2) is 6.10 Å². The van der Waals surface area contributed by atoms with Crippen molar-refractivity contribution >= 4 is 17.5 Å². The van der Waals surface area contributed by atoms with Gasteiger partial charge >= 0.3 is 0 Å². The third-order valence-corrected chi connectivity index (χ3v) is 4.12. The molecule has 0 aliphatic carbocycles. The fraction of sp³-hybridized carbons (Fsp3) is 0.533. The van der Waals surface area contributed by atoms with Gasteiger partial charge in [0.25, 0.3) is 5.91 Å². The van der Waals surface area contributed by atoms with Crippen LogP contribution in [-0.4, -0.2) is 40.7 Å². The molecule has 1 saturated heterocycles. The van der Waals surface area contributed by atoms with E-state index >= 15 is 0 Å². The summed E-state index contributed by atoms with van der Waals surface area (Å²) in [5.41, 5.74) is -0.764. The number of β-amino-alcohol motifs (C(OH)–C–C–N with tert-alkyl or cyclic N) is 1. The van der Waals surface area contributed by atoms with E-state index < -0.39 is 11.7 Å². The molecule has 0 bridgehead atoms. The molecule has 1 unspecified atom stereocenters. The van der Waals surface area contributed by atoms with Crippen molar-refractivity contribution in [1.29, 1.82) is 0 Å². The smallest absolute Gasteiger partial charge is 0.263 e. The summed E-state index contributed by atoms with van der Waals surface area (Å²) in [7, 11) is 0. The maximum absolute atomic E-state index is 12.2. The quantitative estimate of drug-likeness (QED) is 0.928. The van der Waals surface area contributed by atoms with Crippen molar-refractivity contribution in [1.82, 2.24) is 4.90 Å². The van der Waals surface area contributed by atoms with E-state index in [0.717, 1.165) is 0 Å². The van der Waals surface area contributed by atoms with Crippen LogP contribution in [-0.2, 0) is 4.79 Å². The van der Waals surface area contributed by atoms with E-state index in [4.69, 9.17) is 16.3 Å². The van der Waals surface area contributed by atoms with Crippen molar-refractivity contribution in [2.75, 3.05) is 13.1 Å². The van der Waals surface area contributed by atoms with Gasteiger partial charge in [-0.25, -0.2) is 0 Å². The van der Waals surface area contributed by atoms with E-state index in [-0.39, 0.29) is 11.8 Å². The second-order valence-electron chi connectivity index (χ2n) is 5.64. The van der Waals surface area contributed by atoms with Crippen LogP contribution in [0.1, 0.15) is 20.8 Å². The lowest BCUT2D eigenvalue weighted by molar-refractivity contribution is -0.169. The minimum absolute atomic E-state index is 0.129. The Balaban J connectivity index is 1.93. The van der Waals surface area contributed by atoms with Crippen LogP contribution in [0.2, 0.25) is 5.02 Å². The number of benzene rings is 1. The zero-order valence-corrected chi connectivity index (χ0v) is 12.7. The molecule has 110 valence electrons. The molecule has 4 nitrogen and oxygen atoms in total. The highest BCUT2D eigenvalue weighted by molar-refractivity contribution is 6.32. The SMILES string of the molecule is CC(Oc1ccccc1Cl)C(=O)N1CC(O)(C(C)C)C1. The fourth-order valence-corrected chi connectivity index (χ4v) is 2.35. The van der Waals surface area contributed by atoms with Gasteiger partial charge in [-0.1, -0.05) is 37.6 Å². The van der Waals surface area contributed by atoms with Crippen molar-refractivity contribution < 1.29 is 14.6 Å². The summed E-state index contributed by atoms with van der Waals surface area (Å²) < 4.78 is 5.59. The number of para-hydroxylation sites is 1. The summed E-state index contributed by atoms with van der Waals surface area (Å²) >= 11 is 6.00. The number of amides is 1. The number of aliphatic hydroxyl groups is 1. The van der Waals surface area contributed by atoms with E-state index in [9.17, 15) is 9.90 Å². The average Bonchev–Trinajstić information content (AvgIpc) is 2.36. The lowest BCUT2D eigenvalue weighted by Crippen LogP contribution is -2.67. The number of ether oxygens (including phenoxy) is 1. The molecule has 0 saturated carbocycles. The molecule has 1 heterocycles. The van der Waals surface area contributed by atoms with E-state index in [2.05, 4.69) is 0 Å². The number of hydrogen-bond donors (Lipinski definition) is 1. The van der Waals surface area contributed by atoms with Crippen molar-refractivity contribution in [3.8, 4) is 5.75 Å². The summed E-state index contributed by atoms with van der Waals surface area (Å²) in [5.74, 6) is 0.497. The molecule has 0 radical (unpaired) electrons. The highest BCUT2D eigenvalue weighted by atomic mass is 35.5. The van der Waals surface area contributed by atoms with Gasteiger partial charge in [-0.15, -0.1) is 0 Å². The van der Waals surface area contributed by atoms with Crippen LogP contribution in [0.15, 0.2) is 24.3 Å². The first-order valence-electron chi connectivity index (χ1n) is 6.76. The Kier molecular flexibility index (Phi) is 4.25. The fourth-order valence-electron chi connectivity index (χ4n) is 2.17. The molecule has 5 heteroatoms. The van der Waals surface area contributed by atoms with Gasteiger partial charge in [-0.3, -0.25) is 4.79 Å². The number of carbonyl (C=O) groups is 1. The first-order chi connectivity index (χ1) is 9.33. The average molecular weight is 298 g/mol. The zero-order chi connectivity index (χ0) is 14.9. The molecular weight excluding hydrogens is 278 g/mol. The number of carbonyl (C=O) groups excluding carboxylic acids is 1. The first kappa shape index (κ1) is 15.1. The van der Waals surface area contributed by atoms with Crippen LogP contribution >= 0.6 is 11.6 Å². The van der Waals surface area contributed by atoms with E-state index in [1.54, 1.807) is 36.1 Å². The minimum atomic E-state index is -0.764. The van der Waals surface area contributed by atoms with E-state index in [0.29, 0.717) is 23.9 Å². The monoisotopic (exact) mass is 297 g/mol. The van der Waals surface area contributed by atoms with Crippen LogP contribution < -0.4 is 4.74 Å². The highest BCUT2D eigenvalue weighted by Crippen LogP contribution is 2.30. The third kappa shape index (κ3) is 2.91. The van der Waals surface area contributed by atoms with Gasteiger partial charge in [-0.2, -0.15) is 0 Å². The van der Waals surface area contributed by atoms with Crippen molar-refractivity contribution in [2.24, 2.45) is 5.92 Å². The molecule has 1 aromatic carbocycles. The van der Waals surface area contributed by atoms with Crippen molar-refractivity contribution in [2.45, 2.75) is 32.5 Å². The highest BCUT2D eigenvalue weighted by Gasteiger charge is 2.46. The molecule has 1 aliphatic heterocycles. The second-order valence-corrected chi connectivity index (χ2v) is 6.05. The Hall–Kier alpha value is -1.26. The number of nitrogens with zero attached hydrogens (tertiary/aromatic N) is 1. The van der Waals surface area contributed by atoms with Crippen LogP contribution in [0, 0.1) is 5.92 Å². The molecule has 0 spiro atoms. The Morgan fingerprint density at radius 2 is 1.95 bits per heavy atom. The van der Waals surface area contributed by atoms with Gasteiger partial charge in [0.2, 0.25) is 0 Å². The summed E-state index contributed by atoms with van der Waals surface area (Å²) in [6.45, 7) is 6.31. The maximum atomic E-state index is 12.2. The zero-order valence-electron chi connectivity index (χ0n) is 12.0. The largest absolute Gasteiger partial charge is 0.479 e. The van der Waals surface area contributed by atoms with E-state index in [1.165, 1.54) is 0 Å². The minimum Gasteiger partial charge on any atom is -0.479 e. The Bertz CT molecular complexity index is 498. The molecule has 1 amide bonds. The number of rotatable bonds is 4. The number of halogens is 1. The van der Waals surface area contributed by atoms with Crippen LogP contribution in [0.4, 0.5) is 0 Å². The predicted octanol–water partition coefficient (Wildman–Crippen LogP) is 2.34. The molecule has 0 aromatic heterocycles. The summed E-state index contributed by atoms with van der Waals surface area (Å²) in [4.78, 5) is 13.8. The van der Waals surface area contributed by atoms with Gasteiger partial charge in [0.1, 0.15) is 11.4 Å².